The average molecular weight is 253 g/mol. The smallest absolute Gasteiger partial charge is 0.146 e. The molecule has 0 radical (unpaired) electrons. The number of halogens is 2. The van der Waals surface area contributed by atoms with Crippen molar-refractivity contribution in [1.82, 2.24) is 0 Å². The third-order valence-corrected chi connectivity index (χ3v) is 2.74. The van der Waals surface area contributed by atoms with Crippen molar-refractivity contribution in [2.24, 2.45) is 0 Å². The number of hydrogen-bond donors (Lipinski definition) is 0. The van der Waals surface area contributed by atoms with E-state index in [1.165, 1.54) is 0 Å². The van der Waals surface area contributed by atoms with E-state index in [-0.39, 0.29) is 0 Å². The summed E-state index contributed by atoms with van der Waals surface area (Å²) in [6.07, 6.45) is 0. The van der Waals surface area contributed by atoms with Crippen molar-refractivity contribution in [3.05, 3.63) is 59.1 Å². The van der Waals surface area contributed by atoms with Crippen LogP contribution in [0.5, 0.6) is 11.5 Å². The second-order valence-corrected chi connectivity index (χ2v) is 3.99. The Labute approximate surface area is 105 Å². The SMILES string of the molecule is ClCc1cccc(Oc2ccccc2Cl)c1. The van der Waals surface area contributed by atoms with Gasteiger partial charge in [-0.3, -0.25) is 0 Å². The lowest BCUT2D eigenvalue weighted by atomic mass is 10.2. The molecule has 0 aliphatic heterocycles. The zero-order valence-corrected chi connectivity index (χ0v) is 10.0. The maximum atomic E-state index is 6.00. The van der Waals surface area contributed by atoms with Crippen LogP contribution < -0.4 is 4.74 Å². The minimum absolute atomic E-state index is 0.472. The molecule has 0 spiro atoms. The summed E-state index contributed by atoms with van der Waals surface area (Å²) < 4.78 is 5.66. The maximum Gasteiger partial charge on any atom is 0.146 e. The Morgan fingerprint density at radius 2 is 1.81 bits per heavy atom. The van der Waals surface area contributed by atoms with E-state index in [0.29, 0.717) is 16.7 Å². The molecule has 2 aromatic rings. The highest BCUT2D eigenvalue weighted by molar-refractivity contribution is 6.32. The normalized spacial score (nSPS) is 10.1. The first-order valence-corrected chi connectivity index (χ1v) is 5.78. The Morgan fingerprint density at radius 1 is 1.00 bits per heavy atom. The van der Waals surface area contributed by atoms with Gasteiger partial charge < -0.3 is 4.74 Å². The molecular formula is C13H10Cl2O. The van der Waals surface area contributed by atoms with E-state index in [1.807, 2.05) is 42.5 Å². The molecule has 0 amide bonds. The van der Waals surface area contributed by atoms with E-state index in [4.69, 9.17) is 27.9 Å². The second kappa shape index (κ2) is 5.24. The van der Waals surface area contributed by atoms with Gasteiger partial charge in [0.1, 0.15) is 11.5 Å². The molecule has 2 aromatic carbocycles. The van der Waals surface area contributed by atoms with Crippen molar-refractivity contribution in [3.63, 3.8) is 0 Å². The molecule has 16 heavy (non-hydrogen) atoms. The standard InChI is InChI=1S/C13H10Cl2O/c14-9-10-4-3-5-11(8-10)16-13-7-2-1-6-12(13)15/h1-8H,9H2. The van der Waals surface area contributed by atoms with Gasteiger partial charge in [-0.15, -0.1) is 11.6 Å². The van der Waals surface area contributed by atoms with E-state index >= 15 is 0 Å². The van der Waals surface area contributed by atoms with Crippen LogP contribution in [0.25, 0.3) is 0 Å². The molecule has 0 unspecified atom stereocenters. The molecule has 0 atom stereocenters. The minimum atomic E-state index is 0.472. The fourth-order valence-electron chi connectivity index (χ4n) is 1.35. The lowest BCUT2D eigenvalue weighted by Crippen LogP contribution is -1.86. The predicted octanol–water partition coefficient (Wildman–Crippen LogP) is 4.87. The van der Waals surface area contributed by atoms with Crippen LogP contribution in [0.4, 0.5) is 0 Å². The first-order chi connectivity index (χ1) is 7.79. The van der Waals surface area contributed by atoms with Crippen LogP contribution in [0, 0.1) is 0 Å². The number of alkyl halides is 1. The molecule has 0 saturated heterocycles. The van der Waals surface area contributed by atoms with E-state index < -0.39 is 0 Å². The van der Waals surface area contributed by atoms with Crippen LogP contribution in [0.15, 0.2) is 48.5 Å². The van der Waals surface area contributed by atoms with Crippen molar-refractivity contribution < 1.29 is 4.74 Å². The number of hydrogen-bond acceptors (Lipinski definition) is 1. The second-order valence-electron chi connectivity index (χ2n) is 3.31. The van der Waals surface area contributed by atoms with Crippen molar-refractivity contribution in [3.8, 4) is 11.5 Å². The molecule has 0 aliphatic carbocycles. The van der Waals surface area contributed by atoms with Gasteiger partial charge in [-0.25, -0.2) is 0 Å². The van der Waals surface area contributed by atoms with Gasteiger partial charge in [-0.1, -0.05) is 35.9 Å². The summed E-state index contributed by atoms with van der Waals surface area (Å²) in [5.41, 5.74) is 1.02. The topological polar surface area (TPSA) is 9.23 Å². The van der Waals surface area contributed by atoms with Crippen molar-refractivity contribution in [2.75, 3.05) is 0 Å². The van der Waals surface area contributed by atoms with Crippen LogP contribution in [0.1, 0.15) is 5.56 Å². The van der Waals surface area contributed by atoms with E-state index in [2.05, 4.69) is 0 Å². The highest BCUT2D eigenvalue weighted by atomic mass is 35.5. The Hall–Kier alpha value is -1.18. The zero-order chi connectivity index (χ0) is 11.4. The summed E-state index contributed by atoms with van der Waals surface area (Å²) in [5, 5.41) is 0.596. The summed E-state index contributed by atoms with van der Waals surface area (Å²) in [7, 11) is 0. The minimum Gasteiger partial charge on any atom is -0.456 e. The van der Waals surface area contributed by atoms with Crippen LogP contribution in [0.2, 0.25) is 5.02 Å². The van der Waals surface area contributed by atoms with Crippen molar-refractivity contribution >= 4 is 23.2 Å². The Kier molecular flexibility index (Phi) is 3.70. The Balaban J connectivity index is 2.24. The van der Waals surface area contributed by atoms with Gasteiger partial charge in [-0.05, 0) is 29.8 Å². The lowest BCUT2D eigenvalue weighted by Gasteiger charge is -2.07. The quantitative estimate of drug-likeness (QED) is 0.709. The van der Waals surface area contributed by atoms with Gasteiger partial charge >= 0.3 is 0 Å². The average Bonchev–Trinajstić information content (AvgIpc) is 2.32. The molecule has 3 heteroatoms. The van der Waals surface area contributed by atoms with E-state index in [0.717, 1.165) is 11.3 Å². The third kappa shape index (κ3) is 2.69. The fourth-order valence-corrected chi connectivity index (χ4v) is 1.69. The van der Waals surface area contributed by atoms with Crippen LogP contribution >= 0.6 is 23.2 Å². The predicted molar refractivity (Wildman–Crippen MR) is 67.5 cm³/mol. The fraction of sp³-hybridized carbons (Fsp3) is 0.0769. The third-order valence-electron chi connectivity index (χ3n) is 2.12. The number of para-hydroxylation sites is 1. The van der Waals surface area contributed by atoms with Crippen molar-refractivity contribution in [2.45, 2.75) is 5.88 Å². The molecule has 0 bridgehead atoms. The zero-order valence-electron chi connectivity index (χ0n) is 8.49. The molecule has 2 rings (SSSR count). The van der Waals surface area contributed by atoms with Crippen LogP contribution in [-0.2, 0) is 5.88 Å². The number of rotatable bonds is 3. The molecule has 0 N–H and O–H groups in total. The largest absolute Gasteiger partial charge is 0.456 e. The van der Waals surface area contributed by atoms with Gasteiger partial charge in [0.15, 0.2) is 0 Å². The Bertz CT molecular complexity index is 483. The maximum absolute atomic E-state index is 6.00. The molecule has 0 fully saturated rings. The first-order valence-electron chi connectivity index (χ1n) is 4.87. The summed E-state index contributed by atoms with van der Waals surface area (Å²) in [6.45, 7) is 0. The lowest BCUT2D eigenvalue weighted by molar-refractivity contribution is 0.482. The molecule has 1 nitrogen and oxygen atoms in total. The Morgan fingerprint density at radius 3 is 2.56 bits per heavy atom. The monoisotopic (exact) mass is 252 g/mol. The summed E-state index contributed by atoms with van der Waals surface area (Å²) in [4.78, 5) is 0. The summed E-state index contributed by atoms with van der Waals surface area (Å²) in [6, 6.07) is 15.0. The van der Waals surface area contributed by atoms with Gasteiger partial charge in [0, 0.05) is 5.88 Å². The number of ether oxygens (including phenoxy) is 1. The summed E-state index contributed by atoms with van der Waals surface area (Å²) in [5.74, 6) is 1.86. The molecule has 82 valence electrons. The molecule has 0 aliphatic rings. The summed E-state index contributed by atoms with van der Waals surface area (Å²) >= 11 is 11.7. The number of benzene rings is 2. The first kappa shape index (κ1) is 11.3. The van der Waals surface area contributed by atoms with Crippen molar-refractivity contribution in [1.29, 1.82) is 0 Å². The molecule has 0 saturated carbocycles. The van der Waals surface area contributed by atoms with Gasteiger partial charge in [0.2, 0.25) is 0 Å². The van der Waals surface area contributed by atoms with E-state index in [9.17, 15) is 0 Å². The van der Waals surface area contributed by atoms with Gasteiger partial charge in [0.05, 0.1) is 5.02 Å². The molecule has 0 heterocycles. The molecule has 0 aromatic heterocycles. The van der Waals surface area contributed by atoms with E-state index in [1.54, 1.807) is 6.07 Å². The highest BCUT2D eigenvalue weighted by Crippen LogP contribution is 2.29. The molecular weight excluding hydrogens is 243 g/mol. The van der Waals surface area contributed by atoms with Gasteiger partial charge in [0.25, 0.3) is 0 Å². The van der Waals surface area contributed by atoms with Crippen LogP contribution in [0.3, 0.4) is 0 Å². The van der Waals surface area contributed by atoms with Gasteiger partial charge in [-0.2, -0.15) is 0 Å². The van der Waals surface area contributed by atoms with Crippen LogP contribution in [-0.4, -0.2) is 0 Å². The highest BCUT2D eigenvalue weighted by Gasteiger charge is 2.02.